The van der Waals surface area contributed by atoms with E-state index in [4.69, 9.17) is 0 Å². The van der Waals surface area contributed by atoms with Gasteiger partial charge in [0.1, 0.15) is 0 Å². The van der Waals surface area contributed by atoms with Gasteiger partial charge in [0, 0.05) is 18.2 Å². The minimum Gasteiger partial charge on any atom is -0.387 e. The van der Waals surface area contributed by atoms with Crippen molar-refractivity contribution in [3.8, 4) is 0 Å². The van der Waals surface area contributed by atoms with Crippen molar-refractivity contribution < 1.29 is 0 Å². The van der Waals surface area contributed by atoms with Gasteiger partial charge in [-0.05, 0) is 6.08 Å². The van der Waals surface area contributed by atoms with Crippen LogP contribution in [0.2, 0.25) is 0 Å². The average Bonchev–Trinajstić information content (AvgIpc) is 1.85. The smallest absolute Gasteiger partial charge is 0.0342 e. The second-order valence-electron chi connectivity index (χ2n) is 1.99. The van der Waals surface area contributed by atoms with Gasteiger partial charge < -0.3 is 5.32 Å². The van der Waals surface area contributed by atoms with E-state index in [-0.39, 0.29) is 0 Å². The van der Waals surface area contributed by atoms with Crippen LogP contribution in [0.5, 0.6) is 0 Å². The van der Waals surface area contributed by atoms with Gasteiger partial charge >= 0.3 is 0 Å². The van der Waals surface area contributed by atoms with E-state index in [0.29, 0.717) is 0 Å². The van der Waals surface area contributed by atoms with Gasteiger partial charge in [-0.3, -0.25) is 0 Å². The second kappa shape index (κ2) is 0.915. The van der Waals surface area contributed by atoms with Gasteiger partial charge in [0.25, 0.3) is 0 Å². The van der Waals surface area contributed by atoms with E-state index in [1.807, 2.05) is 0 Å². The highest BCUT2D eigenvalue weighted by molar-refractivity contribution is 5.31. The van der Waals surface area contributed by atoms with Gasteiger partial charge in [-0.25, -0.2) is 0 Å². The topological polar surface area (TPSA) is 12.0 Å². The lowest BCUT2D eigenvalue weighted by molar-refractivity contribution is 0.527. The lowest BCUT2D eigenvalue weighted by atomic mass is 10.0. The number of allylic oxidation sites excluding steroid dienone is 2. The van der Waals surface area contributed by atoms with Crippen LogP contribution in [-0.2, 0) is 0 Å². The van der Waals surface area contributed by atoms with E-state index in [9.17, 15) is 0 Å². The van der Waals surface area contributed by atoms with E-state index in [1.54, 1.807) is 0 Å². The van der Waals surface area contributed by atoms with Crippen LogP contribution in [0.25, 0.3) is 0 Å². The molecule has 0 saturated carbocycles. The van der Waals surface area contributed by atoms with Crippen molar-refractivity contribution in [2.24, 2.45) is 5.92 Å². The fourth-order valence-corrected chi connectivity index (χ4v) is 0.985. The van der Waals surface area contributed by atoms with Gasteiger partial charge in [0.05, 0.1) is 0 Å². The highest BCUT2D eigenvalue weighted by Crippen LogP contribution is 2.22. The molecule has 36 valence electrons. The van der Waals surface area contributed by atoms with E-state index in [0.717, 1.165) is 12.5 Å². The first-order chi connectivity index (χ1) is 3.47. The molecule has 0 spiro atoms. The van der Waals surface area contributed by atoms with Crippen molar-refractivity contribution in [1.82, 2.24) is 5.32 Å². The van der Waals surface area contributed by atoms with E-state index >= 15 is 0 Å². The molecule has 0 bridgehead atoms. The Hall–Kier alpha value is -0.720. The summed E-state index contributed by atoms with van der Waals surface area (Å²) in [6.07, 6.45) is 6.47. The van der Waals surface area contributed by atoms with Gasteiger partial charge in [-0.2, -0.15) is 0 Å². The molecule has 0 aromatic rings. The predicted octanol–water partition coefficient (Wildman–Crippen LogP) is 0.659. The minimum absolute atomic E-state index is 0.764. The van der Waals surface area contributed by atoms with Crippen molar-refractivity contribution in [3.05, 3.63) is 23.9 Å². The summed E-state index contributed by atoms with van der Waals surface area (Å²) in [7, 11) is 0. The molecule has 1 unspecified atom stereocenters. The first-order valence-corrected chi connectivity index (χ1v) is 2.59. The number of hydrogen-bond donors (Lipinski definition) is 1. The summed E-state index contributed by atoms with van der Waals surface area (Å²) in [4.78, 5) is 0. The Morgan fingerprint density at radius 3 is 3.00 bits per heavy atom. The Balaban J connectivity index is 2.34. The zero-order chi connectivity index (χ0) is 4.69. The third-order valence-corrected chi connectivity index (χ3v) is 1.54. The molecule has 7 heavy (non-hydrogen) atoms. The summed E-state index contributed by atoms with van der Waals surface area (Å²) in [5.41, 5.74) is 1.40. The number of rotatable bonds is 0. The molecule has 1 N–H and O–H groups in total. The van der Waals surface area contributed by atoms with Crippen LogP contribution in [-0.4, -0.2) is 6.54 Å². The van der Waals surface area contributed by atoms with Crippen LogP contribution in [0.3, 0.4) is 0 Å². The lowest BCUT2D eigenvalue weighted by Crippen LogP contribution is -2.36. The Bertz CT molecular complexity index is 144. The number of fused-ring (bicyclic) bond motifs is 1. The molecule has 0 aromatic heterocycles. The maximum atomic E-state index is 3.21. The predicted molar refractivity (Wildman–Crippen MR) is 28.7 cm³/mol. The Kier molecular flexibility index (Phi) is 0.432. The lowest BCUT2D eigenvalue weighted by Gasteiger charge is -2.26. The highest BCUT2D eigenvalue weighted by Gasteiger charge is 2.21. The maximum Gasteiger partial charge on any atom is 0.0342 e. The summed E-state index contributed by atoms with van der Waals surface area (Å²) < 4.78 is 0. The normalized spacial score (nSPS) is 33.1. The summed E-state index contributed by atoms with van der Waals surface area (Å²) >= 11 is 0. The third-order valence-electron chi connectivity index (χ3n) is 1.54. The Labute approximate surface area is 42.7 Å². The molecule has 1 nitrogen and oxygen atoms in total. The summed E-state index contributed by atoms with van der Waals surface area (Å²) in [5.74, 6) is 0.764. The van der Waals surface area contributed by atoms with E-state index in [1.165, 1.54) is 5.70 Å². The second-order valence-corrected chi connectivity index (χ2v) is 1.99. The molecule has 2 rings (SSSR count). The number of nitrogens with one attached hydrogen (secondary N) is 1. The fourth-order valence-electron chi connectivity index (χ4n) is 0.985. The third kappa shape index (κ3) is 0.279. The first-order valence-electron chi connectivity index (χ1n) is 2.59. The molecule has 2 aliphatic rings. The largest absolute Gasteiger partial charge is 0.387 e. The molecule has 0 radical (unpaired) electrons. The summed E-state index contributed by atoms with van der Waals surface area (Å²) in [5, 5.41) is 3.21. The molecule has 1 saturated heterocycles. The molecular formula is C6H7N. The highest BCUT2D eigenvalue weighted by atomic mass is 15.0. The quantitative estimate of drug-likeness (QED) is 0.464. The molecule has 1 aliphatic heterocycles. The monoisotopic (exact) mass is 93.1 g/mol. The van der Waals surface area contributed by atoms with Gasteiger partial charge in [-0.1, -0.05) is 12.2 Å². The maximum absolute atomic E-state index is 3.21. The van der Waals surface area contributed by atoms with Crippen LogP contribution in [0.15, 0.2) is 23.9 Å². The van der Waals surface area contributed by atoms with Crippen LogP contribution in [0, 0.1) is 5.92 Å². The first kappa shape index (κ1) is 3.30. The zero-order valence-electron chi connectivity index (χ0n) is 4.02. The number of hydrogen-bond acceptors (Lipinski definition) is 1. The SMILES string of the molecule is C1=CC2CNC2=C1. The summed E-state index contributed by atoms with van der Waals surface area (Å²) in [6.45, 7) is 1.16. The molecular weight excluding hydrogens is 86.1 g/mol. The van der Waals surface area contributed by atoms with Crippen LogP contribution in [0.1, 0.15) is 0 Å². The molecule has 1 heterocycles. The molecule has 0 aromatic carbocycles. The minimum atomic E-state index is 0.764. The van der Waals surface area contributed by atoms with Crippen LogP contribution in [0.4, 0.5) is 0 Å². The fraction of sp³-hybridized carbons (Fsp3) is 0.333. The zero-order valence-corrected chi connectivity index (χ0v) is 4.02. The van der Waals surface area contributed by atoms with Crippen molar-refractivity contribution >= 4 is 0 Å². The van der Waals surface area contributed by atoms with Gasteiger partial charge in [-0.15, -0.1) is 0 Å². The molecule has 0 amide bonds. The Morgan fingerprint density at radius 2 is 2.71 bits per heavy atom. The van der Waals surface area contributed by atoms with Gasteiger partial charge in [0.2, 0.25) is 0 Å². The van der Waals surface area contributed by atoms with E-state index in [2.05, 4.69) is 23.5 Å². The summed E-state index contributed by atoms with van der Waals surface area (Å²) in [6, 6.07) is 0. The van der Waals surface area contributed by atoms with E-state index < -0.39 is 0 Å². The van der Waals surface area contributed by atoms with Crippen molar-refractivity contribution in [3.63, 3.8) is 0 Å². The van der Waals surface area contributed by atoms with Crippen molar-refractivity contribution in [2.45, 2.75) is 0 Å². The van der Waals surface area contributed by atoms with Gasteiger partial charge in [0.15, 0.2) is 0 Å². The van der Waals surface area contributed by atoms with Crippen molar-refractivity contribution in [1.29, 1.82) is 0 Å². The average molecular weight is 93.1 g/mol. The molecule has 1 heteroatoms. The van der Waals surface area contributed by atoms with Crippen LogP contribution >= 0.6 is 0 Å². The standard InChI is InChI=1S/C6H7N/c1-2-5-4-7-6(5)3-1/h1-3,5,7H,4H2. The molecule has 1 aliphatic carbocycles. The van der Waals surface area contributed by atoms with Crippen LogP contribution < -0.4 is 5.32 Å². The Morgan fingerprint density at radius 1 is 1.71 bits per heavy atom. The molecule has 1 atom stereocenters. The molecule has 1 fully saturated rings. The van der Waals surface area contributed by atoms with Crippen molar-refractivity contribution in [2.75, 3.05) is 6.54 Å².